The van der Waals surface area contributed by atoms with Crippen molar-refractivity contribution in [2.24, 2.45) is 0 Å². The summed E-state index contributed by atoms with van der Waals surface area (Å²) in [5.41, 5.74) is 22.8. The lowest BCUT2D eigenvalue weighted by atomic mass is 9.65. The minimum Gasteiger partial charge on any atom is -0.116 e. The first kappa shape index (κ1) is 19.3. The van der Waals surface area contributed by atoms with E-state index in [-0.39, 0.29) is 11.8 Å². The van der Waals surface area contributed by atoms with E-state index in [4.69, 9.17) is 0 Å². The summed E-state index contributed by atoms with van der Waals surface area (Å²) in [4.78, 5) is 0. The molecule has 4 aromatic carbocycles. The quantitative estimate of drug-likeness (QED) is 0.211. The van der Waals surface area contributed by atoms with E-state index < -0.39 is 5.66 Å². The van der Waals surface area contributed by atoms with Crippen LogP contribution in [0.1, 0.15) is 67.7 Å². The molecule has 0 amide bonds. The lowest BCUT2D eigenvalue weighted by molar-refractivity contribution is -0.947. The van der Waals surface area contributed by atoms with Crippen LogP contribution in [0.15, 0.2) is 109 Å². The van der Waals surface area contributed by atoms with Crippen molar-refractivity contribution in [1.29, 1.82) is 0 Å². The third kappa shape index (κ3) is 1.68. The molecule has 12 rings (SSSR count). The topological polar surface area (TPSA) is 7.76 Å². The predicted octanol–water partition coefficient (Wildman–Crippen LogP) is 6.39. The molecule has 2 nitrogen and oxygen atoms in total. The zero-order valence-corrected chi connectivity index (χ0v) is 21.6. The summed E-state index contributed by atoms with van der Waals surface area (Å²) in [6.07, 6.45) is 0.995. The van der Waals surface area contributed by atoms with Crippen LogP contribution in [0, 0.1) is 0 Å². The lowest BCUT2D eigenvalue weighted by Crippen LogP contribution is -2.77. The van der Waals surface area contributed by atoms with E-state index in [0.29, 0.717) is 0 Å². The van der Waals surface area contributed by atoms with Crippen molar-refractivity contribution in [3.63, 3.8) is 0 Å². The molecule has 2 unspecified atom stereocenters. The Morgan fingerprint density at radius 2 is 0.975 bits per heavy atom. The molecule has 2 aromatic heterocycles. The summed E-state index contributed by atoms with van der Waals surface area (Å²) in [6, 6.07) is 42.2. The van der Waals surface area contributed by atoms with E-state index in [1.807, 2.05) is 0 Å². The molecule has 6 aliphatic rings. The van der Waals surface area contributed by atoms with E-state index in [1.54, 1.807) is 22.3 Å². The van der Waals surface area contributed by atoms with Crippen LogP contribution in [0.5, 0.6) is 0 Å². The van der Waals surface area contributed by atoms with Gasteiger partial charge in [0, 0.05) is 24.3 Å². The maximum Gasteiger partial charge on any atom is 0.417 e. The molecule has 182 valence electrons. The van der Waals surface area contributed by atoms with Gasteiger partial charge in [-0.15, -0.1) is 9.13 Å². The smallest absolute Gasteiger partial charge is 0.116 e. The van der Waals surface area contributed by atoms with Gasteiger partial charge < -0.3 is 0 Å². The number of aromatic nitrogens is 2. The second-order valence-corrected chi connectivity index (χ2v) is 12.4. The van der Waals surface area contributed by atoms with Crippen LogP contribution in [0.2, 0.25) is 0 Å². The molecule has 40 heavy (non-hydrogen) atoms. The van der Waals surface area contributed by atoms with Crippen molar-refractivity contribution in [3.8, 4) is 33.6 Å². The van der Waals surface area contributed by atoms with Crippen LogP contribution in [0.25, 0.3) is 33.6 Å². The highest BCUT2D eigenvalue weighted by Crippen LogP contribution is 2.62. The maximum absolute atomic E-state index is 2.77. The van der Waals surface area contributed by atoms with E-state index in [2.05, 4.69) is 118 Å². The van der Waals surface area contributed by atoms with Gasteiger partial charge in [0.05, 0.1) is 11.8 Å². The molecule has 0 saturated heterocycles. The zero-order valence-electron chi connectivity index (χ0n) is 21.6. The molecule has 3 aliphatic heterocycles. The first-order valence-electron chi connectivity index (χ1n) is 14.5. The highest BCUT2D eigenvalue weighted by Gasteiger charge is 2.74. The van der Waals surface area contributed by atoms with Gasteiger partial charge in [-0.25, -0.2) is 0 Å². The normalized spacial score (nSPS) is 22.5. The lowest BCUT2D eigenvalue weighted by Gasteiger charge is -2.40. The predicted molar refractivity (Wildman–Crippen MR) is 152 cm³/mol. The molecule has 2 heteroatoms. The van der Waals surface area contributed by atoms with Crippen LogP contribution in [-0.2, 0) is 12.1 Å². The molecule has 1 spiro atoms. The van der Waals surface area contributed by atoms with E-state index in [9.17, 15) is 0 Å². The molecular weight excluding hydrogens is 484 g/mol. The van der Waals surface area contributed by atoms with Gasteiger partial charge in [-0.2, -0.15) is 0 Å². The first-order valence-corrected chi connectivity index (χ1v) is 14.5. The molecule has 0 radical (unpaired) electrons. The fourth-order valence-corrected chi connectivity index (χ4v) is 9.93. The summed E-state index contributed by atoms with van der Waals surface area (Å²) >= 11 is 0. The van der Waals surface area contributed by atoms with Crippen LogP contribution in [-0.4, -0.2) is 0 Å². The van der Waals surface area contributed by atoms with E-state index in [0.717, 1.165) is 6.42 Å². The van der Waals surface area contributed by atoms with Crippen LogP contribution >= 0.6 is 0 Å². The Morgan fingerprint density at radius 3 is 1.50 bits per heavy atom. The number of rotatable bonds is 0. The molecule has 3 aliphatic carbocycles. The van der Waals surface area contributed by atoms with Gasteiger partial charge in [0.1, 0.15) is 11.1 Å². The second-order valence-electron chi connectivity index (χ2n) is 12.4. The van der Waals surface area contributed by atoms with Gasteiger partial charge in [0.2, 0.25) is 11.4 Å². The monoisotopic (exact) mass is 506 g/mol. The van der Waals surface area contributed by atoms with Gasteiger partial charge in [-0.1, -0.05) is 72.8 Å². The Hall–Kier alpha value is -4.82. The highest BCUT2D eigenvalue weighted by atomic mass is 15.4. The molecular formula is C38H22N2+2. The molecule has 0 bridgehead atoms. The molecule has 6 aromatic rings. The summed E-state index contributed by atoms with van der Waals surface area (Å²) in [7, 11) is 0. The average Bonchev–Trinajstić information content (AvgIpc) is 3.63. The minimum absolute atomic E-state index is 0.262. The van der Waals surface area contributed by atoms with Gasteiger partial charge in [0.25, 0.3) is 11.4 Å². The Labute approximate surface area is 231 Å². The van der Waals surface area contributed by atoms with Crippen molar-refractivity contribution in [2.75, 3.05) is 0 Å². The average molecular weight is 507 g/mol. The SMILES string of the molecule is c1ccc2c(c1)-c1ccc3c4c1C2c1cccc2[n+]1C41c4c(ccc5c4C(c4ccccc4-5)c4cccc-2[n+]41)C3. The van der Waals surface area contributed by atoms with Gasteiger partial charge in [-0.3, -0.25) is 0 Å². The van der Waals surface area contributed by atoms with Crippen molar-refractivity contribution in [2.45, 2.75) is 23.9 Å². The van der Waals surface area contributed by atoms with Crippen molar-refractivity contribution < 1.29 is 9.13 Å². The van der Waals surface area contributed by atoms with Crippen molar-refractivity contribution in [1.82, 2.24) is 0 Å². The third-order valence-corrected chi connectivity index (χ3v) is 11.0. The largest absolute Gasteiger partial charge is 0.417 e. The number of hydrogen-bond donors (Lipinski definition) is 0. The first-order chi connectivity index (χ1) is 19.9. The standard InChI is InChI=1S/C38H22N2/c1-3-9-24-22(7-1)26-17-15-20-19-21-16-18-27-23-8-2-4-10-25(23)33-31-14-6-12-29-28-11-5-13-30-32(24)34(26)36(20)38(39(28)30,40(29)31)37(21)35(27)33/h1-18,32-33H,19H2/q+2. The number of nitrogens with zero attached hydrogens (tertiary/aromatic N) is 2. The Bertz CT molecular complexity index is 2110. The molecule has 2 atom stereocenters. The molecule has 5 heterocycles. The number of fused-ring (bicyclic) bond motifs is 9. The molecule has 0 saturated carbocycles. The van der Waals surface area contributed by atoms with Crippen LogP contribution < -0.4 is 9.13 Å². The van der Waals surface area contributed by atoms with E-state index in [1.165, 1.54) is 67.3 Å². The third-order valence-electron chi connectivity index (χ3n) is 11.0. The van der Waals surface area contributed by atoms with E-state index >= 15 is 0 Å². The number of benzene rings is 4. The summed E-state index contributed by atoms with van der Waals surface area (Å²) < 4.78 is 5.54. The summed E-state index contributed by atoms with van der Waals surface area (Å²) in [5.74, 6) is 0.525. The Kier molecular flexibility index (Phi) is 2.82. The Morgan fingerprint density at radius 1 is 0.475 bits per heavy atom. The fraction of sp³-hybridized carbons (Fsp3) is 0.105. The second kappa shape index (κ2) is 5.85. The maximum atomic E-state index is 2.77. The summed E-state index contributed by atoms with van der Waals surface area (Å²) in [6.45, 7) is 0. The van der Waals surface area contributed by atoms with Gasteiger partial charge >= 0.3 is 5.66 Å². The number of pyridine rings is 2. The molecule has 0 N–H and O–H groups in total. The zero-order chi connectivity index (χ0) is 25.5. The number of hydrogen-bond acceptors (Lipinski definition) is 0. The summed E-state index contributed by atoms with van der Waals surface area (Å²) in [5, 5.41) is 0. The van der Waals surface area contributed by atoms with Crippen LogP contribution in [0.4, 0.5) is 0 Å². The fourth-order valence-electron chi connectivity index (χ4n) is 9.93. The van der Waals surface area contributed by atoms with Gasteiger partial charge in [0.15, 0.2) is 0 Å². The van der Waals surface area contributed by atoms with Crippen LogP contribution in [0.3, 0.4) is 0 Å². The minimum atomic E-state index is -0.394. The highest BCUT2D eigenvalue weighted by molar-refractivity contribution is 5.87. The molecule has 0 fully saturated rings. The Balaban J connectivity index is 1.37. The van der Waals surface area contributed by atoms with Gasteiger partial charge in [-0.05, 0) is 74.2 Å². The van der Waals surface area contributed by atoms with Crippen molar-refractivity contribution >= 4 is 0 Å². The van der Waals surface area contributed by atoms with Crippen molar-refractivity contribution in [3.05, 3.63) is 165 Å².